The standard InChI is InChI=1S/C13H14N2O3S/c1-8-11(12(16)17)19-13(14-8)15-10-5-3-4-9(6-10)7-18-2/h3-6H,7H2,1-2H3,(H,14,15)(H,16,17). The predicted molar refractivity (Wildman–Crippen MR) is 74.2 cm³/mol. The van der Waals surface area contributed by atoms with Gasteiger partial charge >= 0.3 is 5.97 Å². The number of nitrogens with one attached hydrogen (secondary N) is 1. The van der Waals surface area contributed by atoms with Crippen molar-refractivity contribution in [1.29, 1.82) is 0 Å². The number of methoxy groups -OCH3 is 1. The van der Waals surface area contributed by atoms with Crippen LogP contribution in [0.5, 0.6) is 0 Å². The number of rotatable bonds is 5. The minimum Gasteiger partial charge on any atom is -0.477 e. The van der Waals surface area contributed by atoms with Crippen molar-refractivity contribution in [2.45, 2.75) is 13.5 Å². The molecule has 2 aromatic rings. The van der Waals surface area contributed by atoms with Gasteiger partial charge in [-0.25, -0.2) is 9.78 Å². The van der Waals surface area contributed by atoms with E-state index in [1.165, 1.54) is 0 Å². The van der Waals surface area contributed by atoms with Crippen LogP contribution >= 0.6 is 11.3 Å². The molecule has 0 amide bonds. The molecule has 1 aromatic carbocycles. The highest BCUT2D eigenvalue weighted by Crippen LogP contribution is 2.26. The van der Waals surface area contributed by atoms with Crippen molar-refractivity contribution in [3.63, 3.8) is 0 Å². The number of carbonyl (C=O) groups is 1. The molecule has 0 saturated carbocycles. The van der Waals surface area contributed by atoms with Gasteiger partial charge in [-0.2, -0.15) is 0 Å². The van der Waals surface area contributed by atoms with Gasteiger partial charge in [0.2, 0.25) is 0 Å². The Balaban J connectivity index is 2.19. The molecule has 100 valence electrons. The number of aromatic carboxylic acids is 1. The molecule has 19 heavy (non-hydrogen) atoms. The van der Waals surface area contributed by atoms with Gasteiger partial charge < -0.3 is 15.2 Å². The molecule has 0 atom stereocenters. The highest BCUT2D eigenvalue weighted by molar-refractivity contribution is 7.17. The molecule has 1 heterocycles. The molecule has 0 aliphatic heterocycles. The summed E-state index contributed by atoms with van der Waals surface area (Å²) in [5.74, 6) is -0.948. The van der Waals surface area contributed by atoms with Crippen molar-refractivity contribution < 1.29 is 14.6 Å². The van der Waals surface area contributed by atoms with Gasteiger partial charge in [-0.3, -0.25) is 0 Å². The average Bonchev–Trinajstić information content (AvgIpc) is 2.71. The van der Waals surface area contributed by atoms with Gasteiger partial charge in [-0.1, -0.05) is 23.5 Å². The molecule has 5 nitrogen and oxygen atoms in total. The Morgan fingerprint density at radius 3 is 2.95 bits per heavy atom. The summed E-state index contributed by atoms with van der Waals surface area (Å²) in [4.78, 5) is 15.4. The Morgan fingerprint density at radius 2 is 2.32 bits per heavy atom. The SMILES string of the molecule is COCc1cccc(Nc2nc(C)c(C(=O)O)s2)c1. The van der Waals surface area contributed by atoms with Crippen LogP contribution in [0.25, 0.3) is 0 Å². The highest BCUT2D eigenvalue weighted by Gasteiger charge is 2.13. The molecule has 6 heteroatoms. The number of carboxylic acids is 1. The second-order valence-corrected chi connectivity index (χ2v) is 5.00. The van der Waals surface area contributed by atoms with Crippen LogP contribution in [0.2, 0.25) is 0 Å². The number of nitrogens with zero attached hydrogens (tertiary/aromatic N) is 1. The van der Waals surface area contributed by atoms with Crippen molar-refractivity contribution in [3.8, 4) is 0 Å². The van der Waals surface area contributed by atoms with Gasteiger partial charge in [0.25, 0.3) is 0 Å². The lowest BCUT2D eigenvalue weighted by Crippen LogP contribution is -1.94. The third-order valence-corrected chi connectivity index (χ3v) is 3.54. The van der Waals surface area contributed by atoms with Gasteiger partial charge in [0, 0.05) is 12.8 Å². The summed E-state index contributed by atoms with van der Waals surface area (Å²) in [6.45, 7) is 2.22. The molecule has 0 radical (unpaired) electrons. The molecule has 0 bridgehead atoms. The van der Waals surface area contributed by atoms with Crippen molar-refractivity contribution in [3.05, 3.63) is 40.4 Å². The zero-order valence-corrected chi connectivity index (χ0v) is 11.5. The van der Waals surface area contributed by atoms with E-state index in [-0.39, 0.29) is 4.88 Å². The summed E-state index contributed by atoms with van der Waals surface area (Å²) < 4.78 is 5.07. The lowest BCUT2D eigenvalue weighted by atomic mass is 10.2. The Hall–Kier alpha value is -1.92. The van der Waals surface area contributed by atoms with Gasteiger partial charge in [0.05, 0.1) is 12.3 Å². The number of thiazole rings is 1. The minimum atomic E-state index is -0.948. The zero-order valence-electron chi connectivity index (χ0n) is 10.6. The Labute approximate surface area is 114 Å². The normalized spacial score (nSPS) is 10.4. The van der Waals surface area contributed by atoms with E-state index in [0.29, 0.717) is 17.4 Å². The van der Waals surface area contributed by atoms with Crippen molar-refractivity contribution in [1.82, 2.24) is 4.98 Å². The summed E-state index contributed by atoms with van der Waals surface area (Å²) in [6, 6.07) is 7.72. The van der Waals surface area contributed by atoms with E-state index < -0.39 is 5.97 Å². The Morgan fingerprint density at radius 1 is 1.53 bits per heavy atom. The molecule has 1 aromatic heterocycles. The van der Waals surface area contributed by atoms with Crippen LogP contribution in [-0.4, -0.2) is 23.2 Å². The van der Waals surface area contributed by atoms with E-state index in [4.69, 9.17) is 9.84 Å². The van der Waals surface area contributed by atoms with Gasteiger partial charge in [0.1, 0.15) is 4.88 Å². The van der Waals surface area contributed by atoms with E-state index >= 15 is 0 Å². The van der Waals surface area contributed by atoms with E-state index in [1.54, 1.807) is 14.0 Å². The van der Waals surface area contributed by atoms with Crippen LogP contribution < -0.4 is 5.32 Å². The Kier molecular flexibility index (Phi) is 4.13. The molecular formula is C13H14N2O3S. The molecule has 0 saturated heterocycles. The van der Waals surface area contributed by atoms with E-state index in [0.717, 1.165) is 22.6 Å². The number of hydrogen-bond donors (Lipinski definition) is 2. The van der Waals surface area contributed by atoms with Crippen LogP contribution in [-0.2, 0) is 11.3 Å². The van der Waals surface area contributed by atoms with Crippen molar-refractivity contribution in [2.24, 2.45) is 0 Å². The first-order valence-electron chi connectivity index (χ1n) is 5.66. The van der Waals surface area contributed by atoms with Crippen LogP contribution in [0.4, 0.5) is 10.8 Å². The third kappa shape index (κ3) is 3.30. The van der Waals surface area contributed by atoms with Crippen LogP contribution in [0, 0.1) is 6.92 Å². The summed E-state index contributed by atoms with van der Waals surface area (Å²) in [7, 11) is 1.64. The van der Waals surface area contributed by atoms with E-state index in [2.05, 4.69) is 10.3 Å². The molecule has 0 aliphatic rings. The smallest absolute Gasteiger partial charge is 0.347 e. The monoisotopic (exact) mass is 278 g/mol. The Bertz CT molecular complexity index is 595. The fourth-order valence-corrected chi connectivity index (χ4v) is 2.50. The maximum absolute atomic E-state index is 11.0. The second-order valence-electron chi connectivity index (χ2n) is 4.00. The first-order valence-corrected chi connectivity index (χ1v) is 6.47. The molecule has 2 rings (SSSR count). The molecule has 0 spiro atoms. The number of anilines is 2. The summed E-state index contributed by atoms with van der Waals surface area (Å²) in [5, 5.41) is 12.7. The number of carboxylic acid groups (broad SMARTS) is 1. The molecule has 0 fully saturated rings. The maximum atomic E-state index is 11.0. The first-order chi connectivity index (χ1) is 9.10. The number of aryl methyl sites for hydroxylation is 1. The first kappa shape index (κ1) is 13.5. The molecule has 0 unspecified atom stereocenters. The number of hydrogen-bond acceptors (Lipinski definition) is 5. The maximum Gasteiger partial charge on any atom is 0.347 e. The number of aromatic nitrogens is 1. The second kappa shape index (κ2) is 5.81. The van der Waals surface area contributed by atoms with Gasteiger partial charge in [0.15, 0.2) is 5.13 Å². The number of ether oxygens (including phenoxy) is 1. The predicted octanol–water partition coefficient (Wildman–Crippen LogP) is 3.04. The van der Waals surface area contributed by atoms with Crippen LogP contribution in [0.15, 0.2) is 24.3 Å². The minimum absolute atomic E-state index is 0.260. The average molecular weight is 278 g/mol. The van der Waals surface area contributed by atoms with Crippen molar-refractivity contribution >= 4 is 28.1 Å². The highest BCUT2D eigenvalue weighted by atomic mass is 32.1. The van der Waals surface area contributed by atoms with Gasteiger partial charge in [-0.15, -0.1) is 0 Å². The van der Waals surface area contributed by atoms with Gasteiger partial charge in [-0.05, 0) is 24.6 Å². The lowest BCUT2D eigenvalue weighted by molar-refractivity contribution is 0.0701. The third-order valence-electron chi connectivity index (χ3n) is 2.48. The fraction of sp³-hybridized carbons (Fsp3) is 0.231. The quantitative estimate of drug-likeness (QED) is 0.879. The van der Waals surface area contributed by atoms with Crippen molar-refractivity contribution in [2.75, 3.05) is 12.4 Å². The van der Waals surface area contributed by atoms with Crippen LogP contribution in [0.1, 0.15) is 20.9 Å². The zero-order chi connectivity index (χ0) is 13.8. The van der Waals surface area contributed by atoms with E-state index in [9.17, 15) is 4.79 Å². The van der Waals surface area contributed by atoms with E-state index in [1.807, 2.05) is 24.3 Å². The summed E-state index contributed by atoms with van der Waals surface area (Å²) in [6.07, 6.45) is 0. The van der Waals surface area contributed by atoms with Crippen LogP contribution in [0.3, 0.4) is 0 Å². The number of benzene rings is 1. The molecule has 2 N–H and O–H groups in total. The fourth-order valence-electron chi connectivity index (χ4n) is 1.68. The molecule has 0 aliphatic carbocycles. The molecular weight excluding hydrogens is 264 g/mol. The lowest BCUT2D eigenvalue weighted by Gasteiger charge is -2.05. The summed E-state index contributed by atoms with van der Waals surface area (Å²) >= 11 is 1.13. The summed E-state index contributed by atoms with van der Waals surface area (Å²) in [5.41, 5.74) is 2.42. The topological polar surface area (TPSA) is 71.5 Å². The largest absolute Gasteiger partial charge is 0.477 e.